The monoisotopic (exact) mass is 176 g/mol. The topological polar surface area (TPSA) is 0 Å². The summed E-state index contributed by atoms with van der Waals surface area (Å²) in [5.74, 6) is 0. The Balaban J connectivity index is 2.59. The Morgan fingerprint density at radius 3 is 2.54 bits per heavy atom. The van der Waals surface area contributed by atoms with Gasteiger partial charge in [-0.2, -0.15) is 0 Å². The van der Waals surface area contributed by atoms with Crippen molar-refractivity contribution in [2.45, 2.75) is 46.5 Å². The minimum atomic E-state index is 1.25. The molecule has 0 spiro atoms. The molecule has 0 aliphatic carbocycles. The van der Waals surface area contributed by atoms with Crippen molar-refractivity contribution in [3.05, 3.63) is 34.9 Å². The number of rotatable bonds is 4. The van der Waals surface area contributed by atoms with Gasteiger partial charge in [0.1, 0.15) is 0 Å². The van der Waals surface area contributed by atoms with E-state index in [0.717, 1.165) is 0 Å². The molecule has 1 rings (SSSR count). The van der Waals surface area contributed by atoms with Gasteiger partial charge in [-0.1, -0.05) is 43.5 Å². The van der Waals surface area contributed by atoms with E-state index in [0.29, 0.717) is 0 Å². The molecule has 0 aromatic heterocycles. The van der Waals surface area contributed by atoms with E-state index in [-0.39, 0.29) is 0 Å². The fourth-order valence-electron chi connectivity index (χ4n) is 1.64. The molecule has 0 aliphatic heterocycles. The highest BCUT2D eigenvalue weighted by Crippen LogP contribution is 2.13. The van der Waals surface area contributed by atoms with E-state index in [1.165, 1.54) is 42.4 Å². The summed E-state index contributed by atoms with van der Waals surface area (Å²) < 4.78 is 0. The summed E-state index contributed by atoms with van der Waals surface area (Å²) in [4.78, 5) is 0. The molecule has 0 bridgehead atoms. The maximum Gasteiger partial charge on any atom is -0.0276 e. The summed E-state index contributed by atoms with van der Waals surface area (Å²) >= 11 is 0. The van der Waals surface area contributed by atoms with Crippen LogP contribution in [-0.2, 0) is 6.42 Å². The Morgan fingerprint density at radius 1 is 1.08 bits per heavy atom. The second-order valence-corrected chi connectivity index (χ2v) is 3.89. The standard InChI is InChI=1S/C13H20/c1-4-5-6-7-13-10-11(2)8-9-12(13)3/h8-10H,4-7H2,1-3H3. The van der Waals surface area contributed by atoms with Gasteiger partial charge in [-0.15, -0.1) is 0 Å². The molecule has 13 heavy (non-hydrogen) atoms. The normalized spacial score (nSPS) is 10.4. The smallest absolute Gasteiger partial charge is 0.0276 e. The first-order chi connectivity index (χ1) is 6.24. The predicted octanol–water partition coefficient (Wildman–Crippen LogP) is 4.04. The van der Waals surface area contributed by atoms with Crippen LogP contribution in [0.3, 0.4) is 0 Å². The van der Waals surface area contributed by atoms with Gasteiger partial charge in [0, 0.05) is 0 Å². The van der Waals surface area contributed by atoms with Crippen LogP contribution in [0.4, 0.5) is 0 Å². The third-order valence-electron chi connectivity index (χ3n) is 2.55. The fourth-order valence-corrected chi connectivity index (χ4v) is 1.64. The quantitative estimate of drug-likeness (QED) is 0.607. The molecule has 0 heteroatoms. The molecule has 1 aromatic carbocycles. The van der Waals surface area contributed by atoms with Gasteiger partial charge in [-0.25, -0.2) is 0 Å². The zero-order valence-electron chi connectivity index (χ0n) is 9.06. The fraction of sp³-hybridized carbons (Fsp3) is 0.538. The van der Waals surface area contributed by atoms with Gasteiger partial charge in [0.05, 0.1) is 0 Å². The van der Waals surface area contributed by atoms with Crippen molar-refractivity contribution in [3.8, 4) is 0 Å². The third-order valence-corrected chi connectivity index (χ3v) is 2.55. The molecule has 0 saturated carbocycles. The molecule has 0 amide bonds. The lowest BCUT2D eigenvalue weighted by molar-refractivity contribution is 0.715. The van der Waals surface area contributed by atoms with Crippen LogP contribution in [0.2, 0.25) is 0 Å². The first-order valence-electron chi connectivity index (χ1n) is 5.30. The van der Waals surface area contributed by atoms with Gasteiger partial charge in [0.15, 0.2) is 0 Å². The van der Waals surface area contributed by atoms with E-state index in [1.807, 2.05) is 0 Å². The van der Waals surface area contributed by atoms with Crippen LogP contribution < -0.4 is 0 Å². The summed E-state index contributed by atoms with van der Waals surface area (Å²) in [7, 11) is 0. The highest BCUT2D eigenvalue weighted by molar-refractivity contribution is 5.30. The van der Waals surface area contributed by atoms with E-state index in [2.05, 4.69) is 39.0 Å². The van der Waals surface area contributed by atoms with Gasteiger partial charge in [-0.05, 0) is 37.8 Å². The van der Waals surface area contributed by atoms with Crippen molar-refractivity contribution in [2.75, 3.05) is 0 Å². The van der Waals surface area contributed by atoms with Crippen LogP contribution in [0.1, 0.15) is 42.9 Å². The van der Waals surface area contributed by atoms with E-state index >= 15 is 0 Å². The molecule has 0 nitrogen and oxygen atoms in total. The zero-order valence-corrected chi connectivity index (χ0v) is 9.06. The molecule has 0 fully saturated rings. The van der Waals surface area contributed by atoms with E-state index in [4.69, 9.17) is 0 Å². The molecule has 0 atom stereocenters. The lowest BCUT2D eigenvalue weighted by Gasteiger charge is -2.06. The average molecular weight is 176 g/mol. The molecule has 0 N–H and O–H groups in total. The van der Waals surface area contributed by atoms with Crippen LogP contribution in [-0.4, -0.2) is 0 Å². The van der Waals surface area contributed by atoms with Gasteiger partial charge < -0.3 is 0 Å². The molecular weight excluding hydrogens is 156 g/mol. The molecule has 0 heterocycles. The predicted molar refractivity (Wildman–Crippen MR) is 59.1 cm³/mol. The Kier molecular flexibility index (Phi) is 4.01. The maximum atomic E-state index is 2.32. The highest BCUT2D eigenvalue weighted by atomic mass is 14.0. The number of hydrogen-bond acceptors (Lipinski definition) is 0. The van der Waals surface area contributed by atoms with Crippen LogP contribution in [0, 0.1) is 13.8 Å². The van der Waals surface area contributed by atoms with E-state index in [9.17, 15) is 0 Å². The number of benzene rings is 1. The zero-order chi connectivity index (χ0) is 9.68. The second kappa shape index (κ2) is 5.06. The van der Waals surface area contributed by atoms with Crippen LogP contribution in [0.25, 0.3) is 0 Å². The third kappa shape index (κ3) is 3.22. The van der Waals surface area contributed by atoms with Crippen molar-refractivity contribution in [3.63, 3.8) is 0 Å². The van der Waals surface area contributed by atoms with Crippen molar-refractivity contribution in [1.29, 1.82) is 0 Å². The highest BCUT2D eigenvalue weighted by Gasteiger charge is 1.97. The lowest BCUT2D eigenvalue weighted by atomic mass is 10.0. The Bertz CT molecular complexity index is 261. The van der Waals surface area contributed by atoms with Gasteiger partial charge in [-0.3, -0.25) is 0 Å². The van der Waals surface area contributed by atoms with Crippen LogP contribution in [0.15, 0.2) is 18.2 Å². The summed E-state index contributed by atoms with van der Waals surface area (Å²) in [6, 6.07) is 6.75. The Morgan fingerprint density at radius 2 is 1.85 bits per heavy atom. The molecule has 72 valence electrons. The molecular formula is C13H20. The van der Waals surface area contributed by atoms with Gasteiger partial charge in [0.25, 0.3) is 0 Å². The number of hydrogen-bond donors (Lipinski definition) is 0. The maximum absolute atomic E-state index is 2.32. The number of unbranched alkanes of at least 4 members (excludes halogenated alkanes) is 2. The molecule has 0 aliphatic rings. The van der Waals surface area contributed by atoms with Crippen molar-refractivity contribution < 1.29 is 0 Å². The largest absolute Gasteiger partial charge is 0.0654 e. The van der Waals surface area contributed by atoms with Crippen molar-refractivity contribution >= 4 is 0 Å². The molecule has 1 aromatic rings. The minimum Gasteiger partial charge on any atom is -0.0654 e. The molecule has 0 unspecified atom stereocenters. The number of aryl methyl sites for hydroxylation is 3. The van der Waals surface area contributed by atoms with Gasteiger partial charge >= 0.3 is 0 Å². The first-order valence-corrected chi connectivity index (χ1v) is 5.30. The summed E-state index contributed by atoms with van der Waals surface area (Å²) in [6.45, 7) is 6.63. The Labute approximate surface area is 82.0 Å². The van der Waals surface area contributed by atoms with Gasteiger partial charge in [0.2, 0.25) is 0 Å². The Hall–Kier alpha value is -0.780. The van der Waals surface area contributed by atoms with Crippen LogP contribution in [0.5, 0.6) is 0 Å². The van der Waals surface area contributed by atoms with E-state index in [1.54, 1.807) is 0 Å². The van der Waals surface area contributed by atoms with E-state index < -0.39 is 0 Å². The van der Waals surface area contributed by atoms with Crippen molar-refractivity contribution in [1.82, 2.24) is 0 Å². The summed E-state index contributed by atoms with van der Waals surface area (Å²) in [5, 5.41) is 0. The molecule has 0 radical (unpaired) electrons. The SMILES string of the molecule is CCCCCc1cc(C)ccc1C. The molecule has 0 saturated heterocycles. The first kappa shape index (κ1) is 10.3. The lowest BCUT2D eigenvalue weighted by Crippen LogP contribution is -1.90. The van der Waals surface area contributed by atoms with Crippen LogP contribution >= 0.6 is 0 Å². The minimum absolute atomic E-state index is 1.25. The van der Waals surface area contributed by atoms with Crippen molar-refractivity contribution in [2.24, 2.45) is 0 Å². The average Bonchev–Trinajstić information content (AvgIpc) is 2.11. The summed E-state index contributed by atoms with van der Waals surface area (Å²) in [6.07, 6.45) is 5.25. The second-order valence-electron chi connectivity index (χ2n) is 3.89. The summed E-state index contributed by atoms with van der Waals surface area (Å²) in [5.41, 5.74) is 4.37.